The van der Waals surface area contributed by atoms with Crippen LogP contribution < -0.4 is 0 Å². The minimum absolute atomic E-state index is 0.00218. The Morgan fingerprint density at radius 3 is 3.12 bits per heavy atom. The van der Waals surface area contributed by atoms with Crippen LogP contribution in [0.15, 0.2) is 18.6 Å². The number of hydrogen-bond acceptors (Lipinski definition) is 4. The van der Waals surface area contributed by atoms with Gasteiger partial charge in [0, 0.05) is 11.6 Å². The second kappa shape index (κ2) is 3.79. The van der Waals surface area contributed by atoms with E-state index >= 15 is 0 Å². The topological polar surface area (TPSA) is 52.1 Å². The molecule has 3 atom stereocenters. The molecule has 0 bridgehead atoms. The molecule has 2 fully saturated rings. The Kier molecular flexibility index (Phi) is 2.38. The zero-order chi connectivity index (χ0) is 11.9. The third-order valence-corrected chi connectivity index (χ3v) is 4.21. The van der Waals surface area contributed by atoms with Crippen molar-refractivity contribution >= 4 is 5.97 Å². The zero-order valence-corrected chi connectivity index (χ0v) is 9.93. The Morgan fingerprint density at radius 2 is 2.47 bits per heavy atom. The van der Waals surface area contributed by atoms with Crippen LogP contribution in [0.1, 0.15) is 31.9 Å². The molecule has 4 nitrogen and oxygen atoms in total. The van der Waals surface area contributed by atoms with Crippen molar-refractivity contribution in [1.29, 1.82) is 0 Å². The summed E-state index contributed by atoms with van der Waals surface area (Å²) in [5, 5.41) is 0. The first-order valence-electron chi connectivity index (χ1n) is 6.22. The molecule has 2 saturated carbocycles. The SMILES string of the molecule is CCOC(=O)C1CCC2CC21c1ccncn1. The van der Waals surface area contributed by atoms with Crippen LogP contribution in [0.25, 0.3) is 0 Å². The Morgan fingerprint density at radius 1 is 1.59 bits per heavy atom. The highest BCUT2D eigenvalue weighted by atomic mass is 16.5. The molecule has 1 aromatic heterocycles. The van der Waals surface area contributed by atoms with Gasteiger partial charge in [0.2, 0.25) is 0 Å². The number of hydrogen-bond donors (Lipinski definition) is 0. The van der Waals surface area contributed by atoms with Gasteiger partial charge >= 0.3 is 5.97 Å². The van der Waals surface area contributed by atoms with E-state index in [1.54, 1.807) is 12.5 Å². The maximum atomic E-state index is 12.0. The summed E-state index contributed by atoms with van der Waals surface area (Å²) in [7, 11) is 0. The van der Waals surface area contributed by atoms with E-state index in [9.17, 15) is 4.79 Å². The molecule has 90 valence electrons. The third-order valence-electron chi connectivity index (χ3n) is 4.21. The van der Waals surface area contributed by atoms with Crippen LogP contribution in [-0.2, 0) is 14.9 Å². The highest BCUT2D eigenvalue weighted by molar-refractivity contribution is 5.76. The van der Waals surface area contributed by atoms with Gasteiger partial charge in [0.15, 0.2) is 0 Å². The number of carbonyl (C=O) groups excluding carboxylic acids is 1. The standard InChI is InChI=1S/C13H16N2O2/c1-2-17-12(16)10-4-3-9-7-13(9,10)11-5-6-14-8-15-11/h5-6,8-10H,2-4,7H2,1H3. The number of esters is 1. The largest absolute Gasteiger partial charge is 0.466 e. The van der Waals surface area contributed by atoms with Crippen molar-refractivity contribution in [2.24, 2.45) is 11.8 Å². The molecule has 0 aliphatic heterocycles. The number of carbonyl (C=O) groups is 1. The molecule has 2 aliphatic rings. The van der Waals surface area contributed by atoms with Gasteiger partial charge in [-0.25, -0.2) is 9.97 Å². The summed E-state index contributed by atoms with van der Waals surface area (Å²) < 4.78 is 5.19. The fourth-order valence-corrected chi connectivity index (χ4v) is 3.39. The monoisotopic (exact) mass is 232 g/mol. The van der Waals surface area contributed by atoms with Crippen LogP contribution in [-0.4, -0.2) is 22.5 Å². The van der Waals surface area contributed by atoms with Crippen LogP contribution >= 0.6 is 0 Å². The van der Waals surface area contributed by atoms with Gasteiger partial charge in [-0.05, 0) is 38.2 Å². The summed E-state index contributed by atoms with van der Waals surface area (Å²) >= 11 is 0. The van der Waals surface area contributed by atoms with E-state index < -0.39 is 0 Å². The molecule has 1 aromatic rings. The molecule has 4 heteroatoms. The summed E-state index contributed by atoms with van der Waals surface area (Å²) in [6.45, 7) is 2.31. The average molecular weight is 232 g/mol. The maximum Gasteiger partial charge on any atom is 0.309 e. The van der Waals surface area contributed by atoms with E-state index in [0.29, 0.717) is 12.5 Å². The van der Waals surface area contributed by atoms with Gasteiger partial charge in [0.25, 0.3) is 0 Å². The molecular formula is C13H16N2O2. The quantitative estimate of drug-likeness (QED) is 0.744. The number of fused-ring (bicyclic) bond motifs is 1. The molecule has 0 radical (unpaired) electrons. The van der Waals surface area contributed by atoms with Crippen molar-refractivity contribution in [1.82, 2.24) is 9.97 Å². The summed E-state index contributed by atoms with van der Waals surface area (Å²) in [4.78, 5) is 20.3. The lowest BCUT2D eigenvalue weighted by atomic mass is 9.87. The van der Waals surface area contributed by atoms with Crippen LogP contribution in [0.2, 0.25) is 0 Å². The number of nitrogens with zero attached hydrogens (tertiary/aromatic N) is 2. The van der Waals surface area contributed by atoms with E-state index in [0.717, 1.165) is 25.0 Å². The molecule has 0 aromatic carbocycles. The molecule has 2 aliphatic carbocycles. The van der Waals surface area contributed by atoms with Crippen LogP contribution in [0.5, 0.6) is 0 Å². The fourth-order valence-electron chi connectivity index (χ4n) is 3.39. The molecule has 3 rings (SSSR count). The first-order valence-corrected chi connectivity index (χ1v) is 6.22. The van der Waals surface area contributed by atoms with Crippen molar-refractivity contribution in [2.75, 3.05) is 6.61 Å². The van der Waals surface area contributed by atoms with Crippen LogP contribution in [0.4, 0.5) is 0 Å². The highest BCUT2D eigenvalue weighted by Gasteiger charge is 2.66. The molecule has 0 spiro atoms. The average Bonchev–Trinajstić information content (AvgIpc) is 2.97. The van der Waals surface area contributed by atoms with E-state index in [2.05, 4.69) is 9.97 Å². The smallest absolute Gasteiger partial charge is 0.309 e. The Labute approximate surface area is 100 Å². The van der Waals surface area contributed by atoms with Crippen molar-refractivity contribution in [3.8, 4) is 0 Å². The Bertz CT molecular complexity index is 434. The molecule has 1 heterocycles. The minimum atomic E-state index is -0.0499. The minimum Gasteiger partial charge on any atom is -0.466 e. The van der Waals surface area contributed by atoms with Crippen molar-refractivity contribution < 1.29 is 9.53 Å². The predicted molar refractivity (Wildman–Crippen MR) is 61.2 cm³/mol. The fraction of sp³-hybridized carbons (Fsp3) is 0.615. The van der Waals surface area contributed by atoms with E-state index in [1.807, 2.05) is 13.0 Å². The van der Waals surface area contributed by atoms with Crippen LogP contribution in [0.3, 0.4) is 0 Å². The highest BCUT2D eigenvalue weighted by Crippen LogP contribution is 2.66. The molecule has 0 amide bonds. The number of aromatic nitrogens is 2. The van der Waals surface area contributed by atoms with Crippen molar-refractivity contribution in [3.63, 3.8) is 0 Å². The van der Waals surface area contributed by atoms with Gasteiger partial charge in [-0.2, -0.15) is 0 Å². The van der Waals surface area contributed by atoms with Crippen molar-refractivity contribution in [3.05, 3.63) is 24.3 Å². The zero-order valence-electron chi connectivity index (χ0n) is 9.93. The summed E-state index contributed by atoms with van der Waals surface area (Å²) in [5.74, 6) is 0.570. The van der Waals surface area contributed by atoms with Gasteiger partial charge < -0.3 is 4.74 Å². The number of rotatable bonds is 3. The van der Waals surface area contributed by atoms with E-state index in [4.69, 9.17) is 4.74 Å². The lowest BCUT2D eigenvalue weighted by molar-refractivity contribution is -0.149. The van der Waals surface area contributed by atoms with Gasteiger partial charge in [0.05, 0.1) is 18.2 Å². The van der Waals surface area contributed by atoms with Crippen LogP contribution in [0, 0.1) is 11.8 Å². The molecule has 17 heavy (non-hydrogen) atoms. The second-order valence-electron chi connectivity index (χ2n) is 4.92. The van der Waals surface area contributed by atoms with E-state index in [1.165, 1.54) is 0 Å². The second-order valence-corrected chi connectivity index (χ2v) is 4.92. The van der Waals surface area contributed by atoms with E-state index in [-0.39, 0.29) is 17.3 Å². The molecule has 3 unspecified atom stereocenters. The molecule has 0 saturated heterocycles. The molecule has 0 N–H and O–H groups in total. The van der Waals surface area contributed by atoms with Gasteiger partial charge in [-0.3, -0.25) is 4.79 Å². The van der Waals surface area contributed by atoms with Gasteiger partial charge in [-0.15, -0.1) is 0 Å². The summed E-state index contributed by atoms with van der Waals surface area (Å²) in [6, 6.07) is 1.94. The van der Waals surface area contributed by atoms with Gasteiger partial charge in [0.1, 0.15) is 6.33 Å². The maximum absolute atomic E-state index is 12.0. The first-order chi connectivity index (χ1) is 8.29. The first kappa shape index (κ1) is 10.7. The Balaban J connectivity index is 1.90. The summed E-state index contributed by atoms with van der Waals surface area (Å²) in [6.07, 6.45) is 6.46. The predicted octanol–water partition coefficient (Wildman–Crippen LogP) is 1.71. The van der Waals surface area contributed by atoms with Gasteiger partial charge in [-0.1, -0.05) is 0 Å². The lowest BCUT2D eigenvalue weighted by Gasteiger charge is -2.20. The lowest BCUT2D eigenvalue weighted by Crippen LogP contribution is -2.28. The third kappa shape index (κ3) is 1.47. The van der Waals surface area contributed by atoms with Crippen molar-refractivity contribution in [2.45, 2.75) is 31.6 Å². The molecular weight excluding hydrogens is 216 g/mol. The number of ether oxygens (including phenoxy) is 1. The Hall–Kier alpha value is -1.45. The normalized spacial score (nSPS) is 34.2. The summed E-state index contributed by atoms with van der Waals surface area (Å²) in [5.41, 5.74) is 0.989.